The fraction of sp³-hybridized carbons (Fsp3) is 0.143. The maximum atomic E-state index is 13.2. The third-order valence-corrected chi connectivity index (χ3v) is 6.72. The van der Waals surface area contributed by atoms with Crippen LogP contribution >= 0.6 is 23.2 Å². The van der Waals surface area contributed by atoms with Crippen molar-refractivity contribution in [3.05, 3.63) is 94.2 Å². The fourth-order valence-electron chi connectivity index (χ4n) is 2.72. The minimum atomic E-state index is -3.97. The molecule has 3 rings (SSSR count). The molecule has 1 aromatic heterocycles. The molecule has 0 aliphatic carbocycles. The Labute approximate surface area is 185 Å². The molecule has 9 heteroatoms. The summed E-state index contributed by atoms with van der Waals surface area (Å²) in [5.41, 5.74) is 1.40. The Kier molecular flexibility index (Phi) is 7.44. The van der Waals surface area contributed by atoms with Crippen molar-refractivity contribution in [3.63, 3.8) is 0 Å². The number of rotatable bonds is 8. The molecule has 0 radical (unpaired) electrons. The van der Waals surface area contributed by atoms with Crippen LogP contribution in [0.5, 0.6) is 0 Å². The summed E-state index contributed by atoms with van der Waals surface area (Å²) in [6, 6.07) is 16.3. The zero-order valence-corrected chi connectivity index (χ0v) is 18.2. The first-order valence-electron chi connectivity index (χ1n) is 9.01. The van der Waals surface area contributed by atoms with Crippen molar-refractivity contribution in [3.8, 4) is 0 Å². The molecule has 0 spiro atoms. The van der Waals surface area contributed by atoms with Crippen LogP contribution in [0, 0.1) is 0 Å². The molecule has 1 N–H and O–H groups in total. The molecule has 0 saturated carbocycles. The van der Waals surface area contributed by atoms with Crippen molar-refractivity contribution in [2.45, 2.75) is 18.0 Å². The summed E-state index contributed by atoms with van der Waals surface area (Å²) in [4.78, 5) is 16.6. The highest BCUT2D eigenvalue weighted by Crippen LogP contribution is 2.23. The van der Waals surface area contributed by atoms with Crippen molar-refractivity contribution in [1.82, 2.24) is 14.6 Å². The van der Waals surface area contributed by atoms with Gasteiger partial charge in [0.2, 0.25) is 15.9 Å². The molecule has 3 aromatic rings. The first kappa shape index (κ1) is 22.2. The Morgan fingerprint density at radius 3 is 2.40 bits per heavy atom. The van der Waals surface area contributed by atoms with Gasteiger partial charge in [0.25, 0.3) is 0 Å². The lowest BCUT2D eigenvalue weighted by atomic mass is 10.2. The van der Waals surface area contributed by atoms with E-state index in [9.17, 15) is 13.2 Å². The monoisotopic (exact) mass is 463 g/mol. The predicted octanol–water partition coefficient (Wildman–Crippen LogP) is 3.90. The Morgan fingerprint density at radius 1 is 1.00 bits per heavy atom. The first-order chi connectivity index (χ1) is 14.4. The zero-order chi connectivity index (χ0) is 21.6. The van der Waals surface area contributed by atoms with Crippen LogP contribution in [0.15, 0.2) is 78.0 Å². The van der Waals surface area contributed by atoms with Crippen LogP contribution in [0.3, 0.4) is 0 Å². The molecule has 0 aliphatic rings. The van der Waals surface area contributed by atoms with E-state index in [4.69, 9.17) is 23.2 Å². The molecular weight excluding hydrogens is 445 g/mol. The van der Waals surface area contributed by atoms with Crippen LogP contribution < -0.4 is 5.32 Å². The molecule has 0 bridgehead atoms. The number of sulfonamides is 1. The van der Waals surface area contributed by atoms with Crippen LogP contribution in [0.2, 0.25) is 10.0 Å². The van der Waals surface area contributed by atoms with Gasteiger partial charge in [-0.1, -0.05) is 47.5 Å². The van der Waals surface area contributed by atoms with Gasteiger partial charge < -0.3 is 5.32 Å². The highest BCUT2D eigenvalue weighted by atomic mass is 35.5. The molecule has 0 aliphatic heterocycles. The molecule has 30 heavy (non-hydrogen) atoms. The van der Waals surface area contributed by atoms with Crippen LogP contribution in [0.4, 0.5) is 0 Å². The van der Waals surface area contributed by atoms with Gasteiger partial charge in [-0.05, 0) is 47.5 Å². The summed E-state index contributed by atoms with van der Waals surface area (Å²) >= 11 is 12.1. The van der Waals surface area contributed by atoms with E-state index in [1.165, 1.54) is 24.3 Å². The first-order valence-corrected chi connectivity index (χ1v) is 11.2. The van der Waals surface area contributed by atoms with Crippen molar-refractivity contribution in [2.24, 2.45) is 0 Å². The molecule has 1 heterocycles. The van der Waals surface area contributed by atoms with E-state index in [0.29, 0.717) is 15.6 Å². The second kappa shape index (κ2) is 10.0. The topological polar surface area (TPSA) is 79.4 Å². The summed E-state index contributed by atoms with van der Waals surface area (Å²) in [6.07, 6.45) is 3.27. The normalized spacial score (nSPS) is 11.4. The van der Waals surface area contributed by atoms with E-state index in [2.05, 4.69) is 10.3 Å². The van der Waals surface area contributed by atoms with Crippen molar-refractivity contribution >= 4 is 39.1 Å². The molecule has 6 nitrogen and oxygen atoms in total. The van der Waals surface area contributed by atoms with Crippen LogP contribution in [0.25, 0.3) is 0 Å². The standard InChI is InChI=1S/C21H19Cl2N3O3S/c22-18-7-9-19(10-8-18)30(28,29)26(14-17-5-1-2-6-20(17)23)15-21(27)25-13-16-4-3-11-24-12-16/h1-12H,13-15H2,(H,25,27). The zero-order valence-electron chi connectivity index (χ0n) is 15.8. The van der Waals surface area contributed by atoms with Crippen molar-refractivity contribution in [1.29, 1.82) is 0 Å². The minimum absolute atomic E-state index is 0.0408. The van der Waals surface area contributed by atoms with Gasteiger partial charge in [0.1, 0.15) is 0 Å². The fourth-order valence-corrected chi connectivity index (χ4v) is 4.41. The predicted molar refractivity (Wildman–Crippen MR) is 117 cm³/mol. The smallest absolute Gasteiger partial charge is 0.243 e. The summed E-state index contributed by atoms with van der Waals surface area (Å²) in [7, 11) is -3.97. The number of benzene rings is 2. The number of amides is 1. The molecule has 1 amide bonds. The highest BCUT2D eigenvalue weighted by Gasteiger charge is 2.27. The van der Waals surface area contributed by atoms with E-state index in [1.807, 2.05) is 6.07 Å². The molecule has 156 valence electrons. The molecule has 0 atom stereocenters. The van der Waals surface area contributed by atoms with Gasteiger partial charge in [0, 0.05) is 35.5 Å². The highest BCUT2D eigenvalue weighted by molar-refractivity contribution is 7.89. The molecule has 2 aromatic carbocycles. The number of nitrogens with one attached hydrogen (secondary N) is 1. The number of carbonyl (C=O) groups excluding carboxylic acids is 1. The van der Waals surface area contributed by atoms with E-state index in [-0.39, 0.29) is 24.5 Å². The molecule has 0 saturated heterocycles. The average molecular weight is 464 g/mol. The van der Waals surface area contributed by atoms with Gasteiger partial charge in [0.15, 0.2) is 0 Å². The second-order valence-corrected chi connectivity index (χ2v) is 9.24. The molecule has 0 fully saturated rings. The number of hydrogen-bond acceptors (Lipinski definition) is 4. The Bertz CT molecular complexity index is 1110. The van der Waals surface area contributed by atoms with E-state index >= 15 is 0 Å². The molecule has 0 unspecified atom stereocenters. The van der Waals surface area contributed by atoms with Crippen LogP contribution in [-0.2, 0) is 27.9 Å². The van der Waals surface area contributed by atoms with Gasteiger partial charge in [-0.15, -0.1) is 0 Å². The largest absolute Gasteiger partial charge is 0.351 e. The van der Waals surface area contributed by atoms with Gasteiger partial charge >= 0.3 is 0 Å². The lowest BCUT2D eigenvalue weighted by molar-refractivity contribution is -0.121. The lowest BCUT2D eigenvalue weighted by Gasteiger charge is -2.22. The van der Waals surface area contributed by atoms with Crippen LogP contribution in [-0.4, -0.2) is 30.2 Å². The van der Waals surface area contributed by atoms with E-state index in [1.54, 1.807) is 42.7 Å². The van der Waals surface area contributed by atoms with Gasteiger partial charge in [0.05, 0.1) is 11.4 Å². The third kappa shape index (κ3) is 5.79. The van der Waals surface area contributed by atoms with Gasteiger partial charge in [-0.25, -0.2) is 8.42 Å². The summed E-state index contributed by atoms with van der Waals surface area (Å²) in [5.74, 6) is -0.441. The Hall–Kier alpha value is -2.45. The maximum absolute atomic E-state index is 13.2. The Balaban J connectivity index is 1.82. The van der Waals surface area contributed by atoms with Crippen molar-refractivity contribution in [2.75, 3.05) is 6.54 Å². The number of pyridine rings is 1. The minimum Gasteiger partial charge on any atom is -0.351 e. The number of aromatic nitrogens is 1. The van der Waals surface area contributed by atoms with Gasteiger partial charge in [-0.2, -0.15) is 4.31 Å². The maximum Gasteiger partial charge on any atom is 0.243 e. The van der Waals surface area contributed by atoms with E-state index < -0.39 is 15.9 Å². The number of nitrogens with zero attached hydrogens (tertiary/aromatic N) is 2. The number of halogens is 2. The average Bonchev–Trinajstić information content (AvgIpc) is 2.74. The van der Waals surface area contributed by atoms with Gasteiger partial charge in [-0.3, -0.25) is 9.78 Å². The Morgan fingerprint density at radius 2 is 1.73 bits per heavy atom. The lowest BCUT2D eigenvalue weighted by Crippen LogP contribution is -2.40. The summed E-state index contributed by atoms with van der Waals surface area (Å²) in [5, 5.41) is 3.56. The quantitative estimate of drug-likeness (QED) is 0.549. The number of carbonyl (C=O) groups is 1. The second-order valence-electron chi connectivity index (χ2n) is 6.46. The number of hydrogen-bond donors (Lipinski definition) is 1. The SMILES string of the molecule is O=C(CN(Cc1ccccc1Cl)S(=O)(=O)c1ccc(Cl)cc1)NCc1cccnc1. The van der Waals surface area contributed by atoms with E-state index in [0.717, 1.165) is 9.87 Å². The summed E-state index contributed by atoms with van der Waals surface area (Å²) < 4.78 is 27.5. The van der Waals surface area contributed by atoms with Crippen LogP contribution in [0.1, 0.15) is 11.1 Å². The summed E-state index contributed by atoms with van der Waals surface area (Å²) in [6.45, 7) is -0.172. The van der Waals surface area contributed by atoms with Crippen molar-refractivity contribution < 1.29 is 13.2 Å². The molecular formula is C21H19Cl2N3O3S. The third-order valence-electron chi connectivity index (χ3n) is 4.29.